The summed E-state index contributed by atoms with van der Waals surface area (Å²) in [6, 6.07) is 8.36. The number of amides is 1. The van der Waals surface area contributed by atoms with Crippen molar-refractivity contribution in [2.24, 2.45) is 5.92 Å². The van der Waals surface area contributed by atoms with Crippen LogP contribution in [0.2, 0.25) is 0 Å². The van der Waals surface area contributed by atoms with Crippen LogP contribution < -0.4 is 0 Å². The van der Waals surface area contributed by atoms with E-state index >= 15 is 0 Å². The molecule has 4 nitrogen and oxygen atoms in total. The van der Waals surface area contributed by atoms with Gasteiger partial charge < -0.3 is 10.0 Å². The average molecular weight is 259 g/mol. The van der Waals surface area contributed by atoms with Gasteiger partial charge in [0.25, 0.3) is 0 Å². The van der Waals surface area contributed by atoms with E-state index in [-0.39, 0.29) is 11.9 Å². The SMILES string of the molecule is O=C(O)C1CCC(=O)N(C2Cc3ccccc3C2)C1. The van der Waals surface area contributed by atoms with E-state index in [1.807, 2.05) is 12.1 Å². The highest BCUT2D eigenvalue weighted by Gasteiger charge is 2.36. The molecule has 1 atom stereocenters. The molecule has 0 saturated carbocycles. The zero-order valence-corrected chi connectivity index (χ0v) is 10.7. The maximum atomic E-state index is 12.0. The van der Waals surface area contributed by atoms with Gasteiger partial charge in [-0.1, -0.05) is 24.3 Å². The van der Waals surface area contributed by atoms with Crippen LogP contribution in [0, 0.1) is 5.92 Å². The minimum atomic E-state index is -0.784. The van der Waals surface area contributed by atoms with Crippen LogP contribution in [0.3, 0.4) is 0 Å². The van der Waals surface area contributed by atoms with Crippen LogP contribution in [0.1, 0.15) is 24.0 Å². The number of rotatable bonds is 2. The topological polar surface area (TPSA) is 57.6 Å². The molecular formula is C15H17NO3. The van der Waals surface area contributed by atoms with Gasteiger partial charge in [-0.3, -0.25) is 9.59 Å². The smallest absolute Gasteiger partial charge is 0.308 e. The minimum absolute atomic E-state index is 0.107. The highest BCUT2D eigenvalue weighted by molar-refractivity contribution is 5.81. The van der Waals surface area contributed by atoms with Crippen LogP contribution in [0.25, 0.3) is 0 Å². The van der Waals surface area contributed by atoms with Crippen molar-refractivity contribution in [3.05, 3.63) is 35.4 Å². The third kappa shape index (κ3) is 2.23. The lowest BCUT2D eigenvalue weighted by Gasteiger charge is -2.35. The highest BCUT2D eigenvalue weighted by atomic mass is 16.4. The second kappa shape index (κ2) is 4.68. The highest BCUT2D eigenvalue weighted by Crippen LogP contribution is 2.29. The summed E-state index contributed by atoms with van der Waals surface area (Å²) in [7, 11) is 0. The van der Waals surface area contributed by atoms with E-state index in [1.165, 1.54) is 11.1 Å². The van der Waals surface area contributed by atoms with E-state index < -0.39 is 11.9 Å². The molecule has 100 valence electrons. The van der Waals surface area contributed by atoms with Gasteiger partial charge in [0.2, 0.25) is 5.91 Å². The molecule has 0 spiro atoms. The van der Waals surface area contributed by atoms with Gasteiger partial charge in [0, 0.05) is 19.0 Å². The van der Waals surface area contributed by atoms with E-state index in [9.17, 15) is 9.59 Å². The predicted octanol–water partition coefficient (Wildman–Crippen LogP) is 1.48. The Morgan fingerprint density at radius 2 is 1.84 bits per heavy atom. The number of hydrogen-bond donors (Lipinski definition) is 1. The molecule has 1 unspecified atom stereocenters. The molecule has 1 aliphatic heterocycles. The molecule has 1 N–H and O–H groups in total. The first-order chi connectivity index (χ1) is 9.15. The first kappa shape index (κ1) is 12.2. The Morgan fingerprint density at radius 1 is 1.21 bits per heavy atom. The van der Waals surface area contributed by atoms with Crippen LogP contribution in [-0.4, -0.2) is 34.5 Å². The summed E-state index contributed by atoms with van der Waals surface area (Å²) in [6.07, 6.45) is 2.55. The molecule has 19 heavy (non-hydrogen) atoms. The first-order valence-corrected chi connectivity index (χ1v) is 6.74. The van der Waals surface area contributed by atoms with Crippen LogP contribution in [0.15, 0.2) is 24.3 Å². The number of benzene rings is 1. The van der Waals surface area contributed by atoms with E-state index in [0.717, 1.165) is 12.8 Å². The van der Waals surface area contributed by atoms with Gasteiger partial charge in [-0.25, -0.2) is 0 Å². The lowest BCUT2D eigenvalue weighted by Crippen LogP contribution is -2.48. The fourth-order valence-corrected chi connectivity index (χ4v) is 3.18. The Bertz CT molecular complexity index is 501. The van der Waals surface area contributed by atoms with Crippen molar-refractivity contribution >= 4 is 11.9 Å². The van der Waals surface area contributed by atoms with Crippen LogP contribution in [0.5, 0.6) is 0 Å². The van der Waals surface area contributed by atoms with Crippen molar-refractivity contribution < 1.29 is 14.7 Å². The van der Waals surface area contributed by atoms with Gasteiger partial charge >= 0.3 is 5.97 Å². The van der Waals surface area contributed by atoms with E-state index in [1.54, 1.807) is 4.90 Å². The fraction of sp³-hybridized carbons (Fsp3) is 0.467. The van der Waals surface area contributed by atoms with Gasteiger partial charge in [0.15, 0.2) is 0 Å². The summed E-state index contributed by atoms with van der Waals surface area (Å²) < 4.78 is 0. The first-order valence-electron chi connectivity index (χ1n) is 6.74. The zero-order chi connectivity index (χ0) is 13.4. The summed E-state index contributed by atoms with van der Waals surface area (Å²) >= 11 is 0. The molecular weight excluding hydrogens is 242 g/mol. The number of carbonyl (C=O) groups excluding carboxylic acids is 1. The van der Waals surface area contributed by atoms with Crippen LogP contribution in [0.4, 0.5) is 0 Å². The predicted molar refractivity (Wildman–Crippen MR) is 69.7 cm³/mol. The number of likely N-dealkylation sites (tertiary alicyclic amines) is 1. The summed E-state index contributed by atoms with van der Waals surface area (Å²) in [6.45, 7) is 0.368. The van der Waals surface area contributed by atoms with Crippen molar-refractivity contribution in [2.45, 2.75) is 31.7 Å². The largest absolute Gasteiger partial charge is 0.481 e. The van der Waals surface area contributed by atoms with E-state index in [0.29, 0.717) is 19.4 Å². The quantitative estimate of drug-likeness (QED) is 0.875. The number of aliphatic carboxylic acids is 1. The van der Waals surface area contributed by atoms with Crippen molar-refractivity contribution in [1.29, 1.82) is 0 Å². The molecule has 0 radical (unpaired) electrons. The van der Waals surface area contributed by atoms with Crippen molar-refractivity contribution in [3.63, 3.8) is 0 Å². The molecule has 3 rings (SSSR count). The van der Waals surface area contributed by atoms with E-state index in [2.05, 4.69) is 12.1 Å². The normalized spacial score (nSPS) is 23.5. The molecule has 4 heteroatoms. The fourth-order valence-electron chi connectivity index (χ4n) is 3.18. The average Bonchev–Trinajstić information content (AvgIpc) is 2.82. The maximum absolute atomic E-state index is 12.0. The molecule has 0 aromatic heterocycles. The van der Waals surface area contributed by atoms with Gasteiger partial charge in [0.05, 0.1) is 5.92 Å². The Balaban J connectivity index is 1.76. The summed E-state index contributed by atoms with van der Waals surface area (Å²) in [5.41, 5.74) is 2.58. The molecule has 2 aliphatic rings. The molecule has 1 aliphatic carbocycles. The monoisotopic (exact) mass is 259 g/mol. The Labute approximate surface area is 112 Å². The van der Waals surface area contributed by atoms with Crippen molar-refractivity contribution in [1.82, 2.24) is 4.90 Å². The van der Waals surface area contributed by atoms with Gasteiger partial charge in [-0.15, -0.1) is 0 Å². The molecule has 1 aromatic carbocycles. The third-order valence-electron chi connectivity index (χ3n) is 4.26. The molecule has 1 fully saturated rings. The lowest BCUT2D eigenvalue weighted by atomic mass is 9.95. The van der Waals surface area contributed by atoms with Crippen molar-refractivity contribution in [2.75, 3.05) is 6.54 Å². The van der Waals surface area contributed by atoms with Gasteiger partial charge in [-0.05, 0) is 30.4 Å². The number of nitrogens with zero attached hydrogens (tertiary/aromatic N) is 1. The second-order valence-electron chi connectivity index (χ2n) is 5.45. The minimum Gasteiger partial charge on any atom is -0.481 e. The number of carboxylic acids is 1. The number of carboxylic acid groups (broad SMARTS) is 1. The Hall–Kier alpha value is -1.84. The van der Waals surface area contributed by atoms with Crippen LogP contribution >= 0.6 is 0 Å². The Morgan fingerprint density at radius 3 is 2.42 bits per heavy atom. The summed E-state index contributed by atoms with van der Waals surface area (Å²) in [5, 5.41) is 9.12. The molecule has 1 saturated heterocycles. The Kier molecular flexibility index (Phi) is 3.01. The maximum Gasteiger partial charge on any atom is 0.308 e. The summed E-state index contributed by atoms with van der Waals surface area (Å²) in [5.74, 6) is -1.08. The number of piperidine rings is 1. The molecule has 1 heterocycles. The van der Waals surface area contributed by atoms with E-state index in [4.69, 9.17) is 5.11 Å². The third-order valence-corrected chi connectivity index (χ3v) is 4.26. The summed E-state index contributed by atoms with van der Waals surface area (Å²) in [4.78, 5) is 24.9. The number of hydrogen-bond acceptors (Lipinski definition) is 2. The zero-order valence-electron chi connectivity index (χ0n) is 10.7. The molecule has 1 aromatic rings. The molecule has 0 bridgehead atoms. The number of fused-ring (bicyclic) bond motifs is 1. The van der Waals surface area contributed by atoms with Crippen molar-refractivity contribution in [3.8, 4) is 0 Å². The molecule has 1 amide bonds. The van der Waals surface area contributed by atoms with Crippen LogP contribution in [-0.2, 0) is 22.4 Å². The lowest BCUT2D eigenvalue weighted by molar-refractivity contribution is -0.148. The van der Waals surface area contributed by atoms with Gasteiger partial charge in [-0.2, -0.15) is 0 Å². The second-order valence-corrected chi connectivity index (χ2v) is 5.45. The number of carbonyl (C=O) groups is 2. The van der Waals surface area contributed by atoms with Gasteiger partial charge in [0.1, 0.15) is 0 Å². The standard InChI is InChI=1S/C15H17NO3/c17-14-6-5-12(15(18)19)9-16(14)13-7-10-3-1-2-4-11(10)8-13/h1-4,12-13H,5-9H2,(H,18,19).